The van der Waals surface area contributed by atoms with Crippen LogP contribution >= 0.6 is 0 Å². The van der Waals surface area contributed by atoms with Crippen LogP contribution in [0.25, 0.3) is 0 Å². The van der Waals surface area contributed by atoms with Gasteiger partial charge in [-0.15, -0.1) is 0 Å². The van der Waals surface area contributed by atoms with E-state index in [-0.39, 0.29) is 30.2 Å². The van der Waals surface area contributed by atoms with E-state index in [9.17, 15) is 9.59 Å². The number of aromatic nitrogens is 1. The Balaban J connectivity index is 1.20. The minimum absolute atomic E-state index is 0.0505. The third-order valence-electron chi connectivity index (χ3n) is 5.78. The predicted octanol–water partition coefficient (Wildman–Crippen LogP) is 0.754. The molecule has 0 radical (unpaired) electrons. The summed E-state index contributed by atoms with van der Waals surface area (Å²) in [5, 5.41) is 6.41. The molecule has 2 amide bonds. The molecule has 1 aromatic heterocycles. The fraction of sp³-hybridized carbons (Fsp3) is 0.737. The SMILES string of the molecule is O=C(NC[C@@H]1CN(CC2CCN(CC3CC3)CC2)C(=O)CO1)c1ccon1. The molecule has 1 aliphatic carbocycles. The predicted molar refractivity (Wildman–Crippen MR) is 97.0 cm³/mol. The first-order valence-electron chi connectivity index (χ1n) is 9.97. The summed E-state index contributed by atoms with van der Waals surface area (Å²) in [6, 6.07) is 1.52. The highest BCUT2D eigenvalue weighted by Crippen LogP contribution is 2.31. The highest BCUT2D eigenvalue weighted by molar-refractivity contribution is 5.91. The molecule has 0 unspecified atom stereocenters. The molecular weight excluding hydrogens is 348 g/mol. The molecule has 1 aromatic rings. The molecule has 2 saturated heterocycles. The lowest BCUT2D eigenvalue weighted by Crippen LogP contribution is -2.52. The Hall–Kier alpha value is -1.93. The van der Waals surface area contributed by atoms with Gasteiger partial charge in [-0.1, -0.05) is 5.16 Å². The van der Waals surface area contributed by atoms with E-state index in [1.807, 2.05) is 4.90 Å². The minimum Gasteiger partial charge on any atom is -0.365 e. The van der Waals surface area contributed by atoms with Crippen LogP contribution in [0.1, 0.15) is 36.2 Å². The second-order valence-electron chi connectivity index (χ2n) is 8.01. The highest BCUT2D eigenvalue weighted by atomic mass is 16.5. The smallest absolute Gasteiger partial charge is 0.273 e. The van der Waals surface area contributed by atoms with Crippen molar-refractivity contribution in [1.29, 1.82) is 0 Å². The van der Waals surface area contributed by atoms with Crippen molar-refractivity contribution in [3.63, 3.8) is 0 Å². The Morgan fingerprint density at radius 3 is 2.67 bits per heavy atom. The molecule has 8 heteroatoms. The third kappa shape index (κ3) is 5.07. The van der Waals surface area contributed by atoms with Gasteiger partial charge in [0, 0.05) is 32.2 Å². The number of hydrogen-bond donors (Lipinski definition) is 1. The Kier molecular flexibility index (Phi) is 5.73. The van der Waals surface area contributed by atoms with Crippen molar-refractivity contribution in [1.82, 2.24) is 20.3 Å². The molecule has 8 nitrogen and oxygen atoms in total. The van der Waals surface area contributed by atoms with Gasteiger partial charge < -0.3 is 24.4 Å². The first kappa shape index (κ1) is 18.4. The summed E-state index contributed by atoms with van der Waals surface area (Å²) in [7, 11) is 0. The molecule has 0 aromatic carbocycles. The van der Waals surface area contributed by atoms with Crippen LogP contribution in [0, 0.1) is 11.8 Å². The summed E-state index contributed by atoms with van der Waals surface area (Å²) in [5.74, 6) is 1.26. The fourth-order valence-electron chi connectivity index (χ4n) is 3.94. The molecule has 3 aliphatic rings. The number of carbonyl (C=O) groups excluding carboxylic acids is 2. The summed E-state index contributed by atoms with van der Waals surface area (Å²) in [6.45, 7) is 5.33. The molecule has 1 N–H and O–H groups in total. The van der Waals surface area contributed by atoms with Crippen LogP contribution in [0.4, 0.5) is 0 Å². The van der Waals surface area contributed by atoms with Gasteiger partial charge in [-0.3, -0.25) is 9.59 Å². The Morgan fingerprint density at radius 2 is 1.96 bits per heavy atom. The van der Waals surface area contributed by atoms with Crippen molar-refractivity contribution in [3.8, 4) is 0 Å². The average Bonchev–Trinajstić information content (AvgIpc) is 3.31. The summed E-state index contributed by atoms with van der Waals surface area (Å²) < 4.78 is 10.3. The second-order valence-corrected chi connectivity index (χ2v) is 8.01. The van der Waals surface area contributed by atoms with Crippen LogP contribution in [-0.2, 0) is 9.53 Å². The lowest BCUT2D eigenvalue weighted by molar-refractivity contribution is -0.149. The van der Waals surface area contributed by atoms with Gasteiger partial charge >= 0.3 is 0 Å². The van der Waals surface area contributed by atoms with E-state index in [0.29, 0.717) is 19.0 Å². The maximum absolute atomic E-state index is 12.2. The molecule has 3 fully saturated rings. The quantitative estimate of drug-likeness (QED) is 0.756. The lowest BCUT2D eigenvalue weighted by atomic mass is 9.95. The van der Waals surface area contributed by atoms with Crippen molar-refractivity contribution in [2.75, 3.05) is 45.9 Å². The molecule has 2 aliphatic heterocycles. The second kappa shape index (κ2) is 8.39. The zero-order chi connectivity index (χ0) is 18.6. The zero-order valence-electron chi connectivity index (χ0n) is 15.6. The Morgan fingerprint density at radius 1 is 1.19 bits per heavy atom. The monoisotopic (exact) mass is 376 g/mol. The molecule has 0 bridgehead atoms. The van der Waals surface area contributed by atoms with Gasteiger partial charge in [-0.05, 0) is 50.6 Å². The number of nitrogens with one attached hydrogen (secondary N) is 1. The Labute approximate surface area is 159 Å². The molecule has 1 saturated carbocycles. The van der Waals surface area contributed by atoms with E-state index in [1.54, 1.807) is 0 Å². The highest BCUT2D eigenvalue weighted by Gasteiger charge is 2.31. The van der Waals surface area contributed by atoms with Gasteiger partial charge in [0.25, 0.3) is 5.91 Å². The number of likely N-dealkylation sites (tertiary alicyclic amines) is 1. The largest absolute Gasteiger partial charge is 0.365 e. The maximum Gasteiger partial charge on any atom is 0.273 e. The molecule has 3 heterocycles. The van der Waals surface area contributed by atoms with Crippen molar-refractivity contribution in [2.45, 2.75) is 31.8 Å². The van der Waals surface area contributed by atoms with Gasteiger partial charge in [-0.2, -0.15) is 0 Å². The molecule has 1 atom stereocenters. The van der Waals surface area contributed by atoms with E-state index in [4.69, 9.17) is 4.74 Å². The number of ether oxygens (including phenoxy) is 1. The van der Waals surface area contributed by atoms with Gasteiger partial charge in [0.1, 0.15) is 12.9 Å². The summed E-state index contributed by atoms with van der Waals surface area (Å²) >= 11 is 0. The van der Waals surface area contributed by atoms with Crippen molar-refractivity contribution < 1.29 is 18.8 Å². The van der Waals surface area contributed by atoms with Crippen molar-refractivity contribution >= 4 is 11.8 Å². The van der Waals surface area contributed by atoms with Crippen LogP contribution in [0.5, 0.6) is 0 Å². The molecule has 148 valence electrons. The normalized spacial score (nSPS) is 25.0. The number of piperidine rings is 1. The van der Waals surface area contributed by atoms with Crippen LogP contribution in [-0.4, -0.2) is 78.8 Å². The lowest BCUT2D eigenvalue weighted by Gasteiger charge is -2.38. The standard InChI is InChI=1S/C19H28N4O4/c24-18-13-26-16(9-20-19(25)17-5-8-27-21-17)12-23(18)11-15-3-6-22(7-4-15)10-14-1-2-14/h5,8,14-16H,1-4,6-7,9-13H2,(H,20,25)/t16-/m1/s1. The van der Waals surface area contributed by atoms with Gasteiger partial charge in [0.05, 0.1) is 6.10 Å². The van der Waals surface area contributed by atoms with Crippen LogP contribution in [0.2, 0.25) is 0 Å². The van der Waals surface area contributed by atoms with E-state index >= 15 is 0 Å². The van der Waals surface area contributed by atoms with Crippen LogP contribution in [0.3, 0.4) is 0 Å². The van der Waals surface area contributed by atoms with Gasteiger partial charge in [0.15, 0.2) is 5.69 Å². The Bertz CT molecular complexity index is 638. The molecule has 4 rings (SSSR count). The number of nitrogens with zero attached hydrogens (tertiary/aromatic N) is 3. The number of hydrogen-bond acceptors (Lipinski definition) is 6. The van der Waals surface area contributed by atoms with Gasteiger partial charge in [0.2, 0.25) is 5.91 Å². The van der Waals surface area contributed by atoms with E-state index in [1.165, 1.54) is 31.7 Å². The van der Waals surface area contributed by atoms with Crippen molar-refractivity contribution in [3.05, 3.63) is 18.0 Å². The molecular formula is C19H28N4O4. The van der Waals surface area contributed by atoms with Crippen LogP contribution in [0.15, 0.2) is 16.9 Å². The average molecular weight is 376 g/mol. The summed E-state index contributed by atoms with van der Waals surface area (Å²) in [6.07, 6.45) is 6.29. The fourth-order valence-corrected chi connectivity index (χ4v) is 3.94. The number of amides is 2. The number of morpholine rings is 1. The van der Waals surface area contributed by atoms with Crippen LogP contribution < -0.4 is 5.32 Å². The first-order valence-corrected chi connectivity index (χ1v) is 9.97. The number of rotatable bonds is 7. The molecule has 0 spiro atoms. The summed E-state index contributed by atoms with van der Waals surface area (Å²) in [4.78, 5) is 28.7. The first-order chi connectivity index (χ1) is 13.2. The number of carbonyl (C=O) groups is 2. The van der Waals surface area contributed by atoms with Crippen molar-refractivity contribution in [2.24, 2.45) is 11.8 Å². The van der Waals surface area contributed by atoms with E-state index in [0.717, 1.165) is 38.4 Å². The topological polar surface area (TPSA) is 87.9 Å². The summed E-state index contributed by atoms with van der Waals surface area (Å²) in [5.41, 5.74) is 0.247. The zero-order valence-corrected chi connectivity index (χ0v) is 15.6. The third-order valence-corrected chi connectivity index (χ3v) is 5.78. The van der Waals surface area contributed by atoms with E-state index < -0.39 is 0 Å². The molecule has 27 heavy (non-hydrogen) atoms. The minimum atomic E-state index is -0.293. The van der Waals surface area contributed by atoms with E-state index in [2.05, 4.69) is 19.9 Å². The van der Waals surface area contributed by atoms with Gasteiger partial charge in [-0.25, -0.2) is 0 Å². The maximum atomic E-state index is 12.2.